The smallest absolute Gasteiger partial charge is 0.145 e. The van der Waals surface area contributed by atoms with E-state index in [-0.39, 0.29) is 23.2 Å². The Hall–Kier alpha value is -2.95. The Morgan fingerprint density at radius 2 is 1.79 bits per heavy atom. The topological polar surface area (TPSA) is 59.6 Å². The van der Waals surface area contributed by atoms with E-state index < -0.39 is 0 Å². The molecule has 1 heterocycles. The van der Waals surface area contributed by atoms with Crippen molar-refractivity contribution in [1.82, 2.24) is 0 Å². The van der Waals surface area contributed by atoms with Crippen LogP contribution in [0.25, 0.3) is 0 Å². The molecule has 2 unspecified atom stereocenters. The molecule has 1 aliphatic carbocycles. The number of allylic oxidation sites excluding steroid dienone is 1. The van der Waals surface area contributed by atoms with Gasteiger partial charge in [0.05, 0.1) is 37.6 Å². The Balaban J connectivity index is 1.89. The molecule has 2 aliphatic rings. The molecule has 5 nitrogen and oxygen atoms in total. The highest BCUT2D eigenvalue weighted by atomic mass is 16.5. The van der Waals surface area contributed by atoms with Crippen LogP contribution in [0.5, 0.6) is 11.5 Å². The summed E-state index contributed by atoms with van der Waals surface area (Å²) in [4.78, 5) is 13.3. The van der Waals surface area contributed by atoms with Gasteiger partial charge in [0.2, 0.25) is 0 Å². The predicted molar refractivity (Wildman–Crippen MR) is 111 cm³/mol. The SMILES string of the molecule is COc1ccc(C2Nc3ccccc3NC3=CC(C)(C)CC(=O)C32)c(OC)c1. The summed E-state index contributed by atoms with van der Waals surface area (Å²) < 4.78 is 11.0. The zero-order valence-corrected chi connectivity index (χ0v) is 16.7. The Morgan fingerprint density at radius 3 is 2.50 bits per heavy atom. The zero-order chi connectivity index (χ0) is 19.9. The summed E-state index contributed by atoms with van der Waals surface area (Å²) in [5.74, 6) is 1.33. The Kier molecular flexibility index (Phi) is 4.53. The number of methoxy groups -OCH3 is 2. The molecular formula is C23H26N2O3. The van der Waals surface area contributed by atoms with Crippen LogP contribution in [0.1, 0.15) is 31.9 Å². The molecular weight excluding hydrogens is 352 g/mol. The molecule has 2 aromatic rings. The van der Waals surface area contributed by atoms with Crippen LogP contribution in [0.15, 0.2) is 54.2 Å². The molecule has 0 spiro atoms. The van der Waals surface area contributed by atoms with E-state index in [0.29, 0.717) is 12.2 Å². The molecule has 146 valence electrons. The number of Topliss-reactive ketones (excluding diaryl/α,β-unsaturated/α-hetero) is 1. The fourth-order valence-corrected chi connectivity index (χ4v) is 4.23. The van der Waals surface area contributed by atoms with Gasteiger partial charge < -0.3 is 20.1 Å². The number of hydrogen-bond donors (Lipinski definition) is 2. The third kappa shape index (κ3) is 3.21. The van der Waals surface area contributed by atoms with Gasteiger partial charge in [-0.05, 0) is 29.7 Å². The van der Waals surface area contributed by atoms with Crippen molar-refractivity contribution in [2.45, 2.75) is 26.3 Å². The van der Waals surface area contributed by atoms with E-state index in [2.05, 4.69) is 30.6 Å². The van der Waals surface area contributed by atoms with Crippen LogP contribution < -0.4 is 20.1 Å². The molecule has 0 bridgehead atoms. The third-order valence-corrected chi connectivity index (χ3v) is 5.48. The minimum absolute atomic E-state index is 0.177. The van der Waals surface area contributed by atoms with Crippen LogP contribution in [-0.4, -0.2) is 20.0 Å². The molecule has 2 N–H and O–H groups in total. The van der Waals surface area contributed by atoms with Gasteiger partial charge in [0.25, 0.3) is 0 Å². The van der Waals surface area contributed by atoms with Crippen molar-refractivity contribution in [2.24, 2.45) is 11.3 Å². The Morgan fingerprint density at radius 1 is 1.04 bits per heavy atom. The molecule has 4 rings (SSSR count). The van der Waals surface area contributed by atoms with Gasteiger partial charge in [-0.2, -0.15) is 0 Å². The van der Waals surface area contributed by atoms with E-state index >= 15 is 0 Å². The molecule has 0 radical (unpaired) electrons. The van der Waals surface area contributed by atoms with Crippen LogP contribution in [0.2, 0.25) is 0 Å². The van der Waals surface area contributed by atoms with Crippen molar-refractivity contribution in [1.29, 1.82) is 0 Å². The highest BCUT2D eigenvalue weighted by Crippen LogP contribution is 2.47. The van der Waals surface area contributed by atoms with Crippen LogP contribution in [0, 0.1) is 11.3 Å². The number of nitrogens with one attached hydrogen (secondary N) is 2. The average molecular weight is 378 g/mol. The normalized spacial score (nSPS) is 22.6. The van der Waals surface area contributed by atoms with E-state index in [0.717, 1.165) is 28.4 Å². The summed E-state index contributed by atoms with van der Waals surface area (Å²) in [6.07, 6.45) is 2.71. The number of carbonyl (C=O) groups excluding carboxylic acids is 1. The van der Waals surface area contributed by atoms with E-state index in [1.807, 2.05) is 42.5 Å². The van der Waals surface area contributed by atoms with Crippen molar-refractivity contribution in [3.8, 4) is 11.5 Å². The van der Waals surface area contributed by atoms with Gasteiger partial charge in [0.1, 0.15) is 17.3 Å². The monoisotopic (exact) mass is 378 g/mol. The molecule has 0 saturated carbocycles. The average Bonchev–Trinajstić information content (AvgIpc) is 2.82. The first-order valence-corrected chi connectivity index (χ1v) is 9.52. The van der Waals surface area contributed by atoms with Gasteiger partial charge in [-0.15, -0.1) is 0 Å². The minimum atomic E-state index is -0.317. The molecule has 0 amide bonds. The zero-order valence-electron chi connectivity index (χ0n) is 16.7. The second-order valence-electron chi connectivity index (χ2n) is 8.11. The molecule has 5 heteroatoms. The number of ether oxygens (including phenoxy) is 2. The molecule has 2 atom stereocenters. The highest BCUT2D eigenvalue weighted by Gasteiger charge is 2.42. The summed E-state index contributed by atoms with van der Waals surface area (Å²) >= 11 is 0. The number of rotatable bonds is 3. The van der Waals surface area contributed by atoms with Crippen molar-refractivity contribution < 1.29 is 14.3 Å². The first-order valence-electron chi connectivity index (χ1n) is 9.52. The van der Waals surface area contributed by atoms with Crippen LogP contribution in [0.3, 0.4) is 0 Å². The van der Waals surface area contributed by atoms with Crippen molar-refractivity contribution in [2.75, 3.05) is 24.9 Å². The largest absolute Gasteiger partial charge is 0.497 e. The quantitative estimate of drug-likeness (QED) is 0.805. The second kappa shape index (κ2) is 6.89. The van der Waals surface area contributed by atoms with Gasteiger partial charge >= 0.3 is 0 Å². The fourth-order valence-electron chi connectivity index (χ4n) is 4.23. The van der Waals surface area contributed by atoms with Gasteiger partial charge in [0.15, 0.2) is 0 Å². The molecule has 2 aromatic carbocycles. The van der Waals surface area contributed by atoms with Gasteiger partial charge in [-0.25, -0.2) is 0 Å². The number of hydrogen-bond acceptors (Lipinski definition) is 5. The number of ketones is 1. The highest BCUT2D eigenvalue weighted by molar-refractivity contribution is 5.90. The number of carbonyl (C=O) groups is 1. The lowest BCUT2D eigenvalue weighted by atomic mass is 9.72. The third-order valence-electron chi connectivity index (χ3n) is 5.48. The summed E-state index contributed by atoms with van der Waals surface area (Å²) in [6.45, 7) is 4.20. The molecule has 1 aliphatic heterocycles. The molecule has 0 saturated heterocycles. The maximum Gasteiger partial charge on any atom is 0.145 e. The van der Waals surface area contributed by atoms with Crippen molar-refractivity contribution >= 4 is 17.2 Å². The van der Waals surface area contributed by atoms with Crippen LogP contribution in [-0.2, 0) is 4.79 Å². The van der Waals surface area contributed by atoms with Crippen molar-refractivity contribution in [3.05, 3.63) is 59.8 Å². The van der Waals surface area contributed by atoms with Gasteiger partial charge in [0, 0.05) is 23.7 Å². The molecule has 0 fully saturated rings. The number of para-hydroxylation sites is 2. The lowest BCUT2D eigenvalue weighted by molar-refractivity contribution is -0.124. The first-order chi connectivity index (χ1) is 13.4. The van der Waals surface area contributed by atoms with Crippen molar-refractivity contribution in [3.63, 3.8) is 0 Å². The summed E-state index contributed by atoms with van der Waals surface area (Å²) in [5.41, 5.74) is 3.64. The van der Waals surface area contributed by atoms with E-state index in [1.54, 1.807) is 14.2 Å². The lowest BCUT2D eigenvalue weighted by Crippen LogP contribution is -2.36. The predicted octanol–water partition coefficient (Wildman–Crippen LogP) is 4.78. The maximum absolute atomic E-state index is 13.3. The van der Waals surface area contributed by atoms with Gasteiger partial charge in [-0.3, -0.25) is 4.79 Å². The number of benzene rings is 2. The summed E-state index contributed by atoms with van der Waals surface area (Å²) in [5, 5.41) is 7.12. The van der Waals surface area contributed by atoms with Crippen LogP contribution in [0.4, 0.5) is 11.4 Å². The van der Waals surface area contributed by atoms with Crippen LogP contribution >= 0.6 is 0 Å². The Bertz CT molecular complexity index is 949. The van der Waals surface area contributed by atoms with E-state index in [4.69, 9.17) is 9.47 Å². The number of anilines is 2. The maximum atomic E-state index is 13.3. The molecule has 28 heavy (non-hydrogen) atoms. The molecule has 0 aromatic heterocycles. The first kappa shape index (κ1) is 18.4. The Labute approximate surface area is 165 Å². The van der Waals surface area contributed by atoms with Gasteiger partial charge in [-0.1, -0.05) is 32.1 Å². The lowest BCUT2D eigenvalue weighted by Gasteiger charge is -2.35. The van der Waals surface area contributed by atoms with E-state index in [9.17, 15) is 4.79 Å². The summed E-state index contributed by atoms with van der Waals surface area (Å²) in [6, 6.07) is 13.5. The van der Waals surface area contributed by atoms with E-state index in [1.165, 1.54) is 0 Å². The fraction of sp³-hybridized carbons (Fsp3) is 0.348. The number of fused-ring (bicyclic) bond motifs is 2. The second-order valence-corrected chi connectivity index (χ2v) is 8.11. The minimum Gasteiger partial charge on any atom is -0.497 e. The summed E-state index contributed by atoms with van der Waals surface area (Å²) in [7, 11) is 3.27. The standard InChI is InChI=1S/C23H26N2O3/c1-23(2)12-18-21(19(26)13-23)22(25-17-8-6-5-7-16(17)24-18)15-10-9-14(27-3)11-20(15)28-4/h5-12,21-22,24-25H,13H2,1-4H3.